The van der Waals surface area contributed by atoms with Crippen molar-refractivity contribution in [2.24, 2.45) is 7.05 Å². The summed E-state index contributed by atoms with van der Waals surface area (Å²) in [6.07, 6.45) is -0.317. The first-order valence-electron chi connectivity index (χ1n) is 5.54. The summed E-state index contributed by atoms with van der Waals surface area (Å²) in [7, 11) is 1.92. The molecule has 1 aromatic heterocycles. The van der Waals surface area contributed by atoms with Crippen LogP contribution >= 0.6 is 11.8 Å². The number of nitrogens with one attached hydrogen (secondary N) is 1. The van der Waals surface area contributed by atoms with Crippen LogP contribution < -0.4 is 5.32 Å². The van der Waals surface area contributed by atoms with E-state index in [9.17, 15) is 5.11 Å². The molecule has 0 aliphatic rings. The van der Waals surface area contributed by atoms with Gasteiger partial charge in [0.2, 0.25) is 0 Å². The monoisotopic (exact) mass is 243 g/mol. The van der Waals surface area contributed by atoms with E-state index in [4.69, 9.17) is 0 Å². The summed E-state index contributed by atoms with van der Waals surface area (Å²) < 4.78 is 1.85. The molecule has 0 saturated carbocycles. The lowest BCUT2D eigenvalue weighted by molar-refractivity contribution is 0.192. The van der Waals surface area contributed by atoms with E-state index in [1.807, 2.05) is 24.7 Å². The number of aromatic nitrogens is 2. The third-order valence-corrected chi connectivity index (χ3v) is 3.37. The summed E-state index contributed by atoms with van der Waals surface area (Å²) >= 11 is 1.64. The zero-order chi connectivity index (χ0) is 12.1. The zero-order valence-corrected chi connectivity index (χ0v) is 11.2. The minimum Gasteiger partial charge on any atom is -0.391 e. The first-order valence-corrected chi connectivity index (χ1v) is 6.52. The number of thioether (sulfide) groups is 1. The van der Waals surface area contributed by atoms with Crippen LogP contribution in [0.4, 0.5) is 0 Å². The fourth-order valence-electron chi connectivity index (χ4n) is 1.33. The molecule has 0 aliphatic carbocycles. The zero-order valence-electron chi connectivity index (χ0n) is 10.4. The number of rotatable bonds is 6. The molecule has 1 atom stereocenters. The van der Waals surface area contributed by atoms with E-state index in [-0.39, 0.29) is 6.10 Å². The fraction of sp³-hybridized carbons (Fsp3) is 0.727. The van der Waals surface area contributed by atoms with Crippen molar-refractivity contribution < 1.29 is 5.11 Å². The van der Waals surface area contributed by atoms with Crippen molar-refractivity contribution in [2.75, 3.05) is 12.3 Å². The number of aliphatic hydroxyl groups is 1. The van der Waals surface area contributed by atoms with Crippen LogP contribution in [0.1, 0.15) is 19.5 Å². The molecule has 4 nitrogen and oxygen atoms in total. The average Bonchev–Trinajstić information content (AvgIpc) is 2.51. The Morgan fingerprint density at radius 3 is 2.75 bits per heavy atom. The molecule has 92 valence electrons. The van der Waals surface area contributed by atoms with Gasteiger partial charge < -0.3 is 10.4 Å². The maximum Gasteiger partial charge on any atom is 0.0940 e. The van der Waals surface area contributed by atoms with Crippen molar-refractivity contribution >= 4 is 11.8 Å². The highest BCUT2D eigenvalue weighted by molar-refractivity contribution is 7.99. The SMILES string of the molecule is Cc1cc(SCC(O)CNC(C)C)n(C)n1. The summed E-state index contributed by atoms with van der Waals surface area (Å²) in [5.41, 5.74) is 1.01. The van der Waals surface area contributed by atoms with Gasteiger partial charge in [0.1, 0.15) is 0 Å². The van der Waals surface area contributed by atoms with Crippen LogP contribution in [0.5, 0.6) is 0 Å². The largest absolute Gasteiger partial charge is 0.391 e. The predicted molar refractivity (Wildman–Crippen MR) is 67.8 cm³/mol. The minimum absolute atomic E-state index is 0.317. The maximum atomic E-state index is 9.74. The Hall–Kier alpha value is -0.520. The van der Waals surface area contributed by atoms with Gasteiger partial charge in [-0.25, -0.2) is 0 Å². The molecule has 0 radical (unpaired) electrons. The third kappa shape index (κ3) is 4.55. The highest BCUT2D eigenvalue weighted by atomic mass is 32.2. The highest BCUT2D eigenvalue weighted by Crippen LogP contribution is 2.18. The van der Waals surface area contributed by atoms with Crippen LogP contribution in [0.15, 0.2) is 11.1 Å². The van der Waals surface area contributed by atoms with Crippen molar-refractivity contribution in [3.63, 3.8) is 0 Å². The number of hydrogen-bond acceptors (Lipinski definition) is 4. The number of aryl methyl sites for hydroxylation is 2. The van der Waals surface area contributed by atoms with Crippen molar-refractivity contribution in [1.82, 2.24) is 15.1 Å². The third-order valence-electron chi connectivity index (χ3n) is 2.14. The lowest BCUT2D eigenvalue weighted by Gasteiger charge is -2.13. The average molecular weight is 243 g/mol. The molecule has 1 rings (SSSR count). The molecule has 5 heteroatoms. The first kappa shape index (κ1) is 13.5. The van der Waals surface area contributed by atoms with E-state index in [1.165, 1.54) is 0 Å². The Balaban J connectivity index is 2.31. The second-order valence-corrected chi connectivity index (χ2v) is 5.32. The summed E-state index contributed by atoms with van der Waals surface area (Å²) in [5, 5.41) is 18.3. The summed E-state index contributed by atoms with van der Waals surface area (Å²) in [6.45, 7) is 6.76. The van der Waals surface area contributed by atoms with Crippen molar-refractivity contribution in [2.45, 2.75) is 37.9 Å². The molecule has 1 aromatic rings. The van der Waals surface area contributed by atoms with E-state index < -0.39 is 0 Å². The van der Waals surface area contributed by atoms with Crippen molar-refractivity contribution in [3.05, 3.63) is 11.8 Å². The molecule has 0 fully saturated rings. The molecule has 0 amide bonds. The molecular formula is C11H21N3OS. The Morgan fingerprint density at radius 2 is 2.25 bits per heavy atom. The van der Waals surface area contributed by atoms with Gasteiger partial charge in [-0.2, -0.15) is 5.10 Å². The van der Waals surface area contributed by atoms with E-state index in [2.05, 4.69) is 24.3 Å². The number of hydrogen-bond donors (Lipinski definition) is 2. The fourth-order valence-corrected chi connectivity index (χ4v) is 2.30. The minimum atomic E-state index is -0.317. The van der Waals surface area contributed by atoms with Gasteiger partial charge in [-0.05, 0) is 13.0 Å². The standard InChI is InChI=1S/C11H21N3OS/c1-8(2)12-6-10(15)7-16-11-5-9(3)13-14(11)4/h5,8,10,12,15H,6-7H2,1-4H3. The van der Waals surface area contributed by atoms with Crippen LogP contribution in [0.2, 0.25) is 0 Å². The van der Waals surface area contributed by atoms with E-state index in [1.54, 1.807) is 11.8 Å². The second kappa shape index (κ2) is 6.27. The molecule has 1 unspecified atom stereocenters. The summed E-state index contributed by atoms with van der Waals surface area (Å²) in [5.74, 6) is 0.693. The van der Waals surface area contributed by atoms with Gasteiger partial charge in [0.15, 0.2) is 0 Å². The first-order chi connectivity index (χ1) is 7.49. The molecular weight excluding hydrogens is 222 g/mol. The summed E-state index contributed by atoms with van der Waals surface area (Å²) in [4.78, 5) is 0. The predicted octanol–water partition coefficient (Wildman–Crippen LogP) is 1.18. The highest BCUT2D eigenvalue weighted by Gasteiger charge is 2.08. The molecule has 16 heavy (non-hydrogen) atoms. The summed E-state index contributed by atoms with van der Waals surface area (Å²) in [6, 6.07) is 2.45. The number of nitrogens with zero attached hydrogens (tertiary/aromatic N) is 2. The van der Waals surface area contributed by atoms with E-state index in [0.717, 1.165) is 10.7 Å². The Morgan fingerprint density at radius 1 is 1.56 bits per heavy atom. The van der Waals surface area contributed by atoms with Crippen LogP contribution in [-0.4, -0.2) is 39.3 Å². The Bertz CT molecular complexity index is 325. The normalized spacial score (nSPS) is 13.4. The van der Waals surface area contributed by atoms with E-state index in [0.29, 0.717) is 18.3 Å². The molecule has 0 bridgehead atoms. The van der Waals surface area contributed by atoms with Crippen LogP contribution in [-0.2, 0) is 7.05 Å². The quantitative estimate of drug-likeness (QED) is 0.737. The van der Waals surface area contributed by atoms with Gasteiger partial charge in [-0.3, -0.25) is 4.68 Å². The van der Waals surface area contributed by atoms with Gasteiger partial charge >= 0.3 is 0 Å². The second-order valence-electron chi connectivity index (χ2n) is 4.28. The molecule has 0 aliphatic heterocycles. The molecule has 2 N–H and O–H groups in total. The van der Waals surface area contributed by atoms with Gasteiger partial charge in [0.25, 0.3) is 0 Å². The smallest absolute Gasteiger partial charge is 0.0940 e. The molecule has 1 heterocycles. The Kier molecular flexibility index (Phi) is 5.31. The van der Waals surface area contributed by atoms with Gasteiger partial charge in [0, 0.05) is 25.4 Å². The lowest BCUT2D eigenvalue weighted by atomic mass is 10.3. The van der Waals surface area contributed by atoms with Crippen molar-refractivity contribution in [1.29, 1.82) is 0 Å². The van der Waals surface area contributed by atoms with Gasteiger partial charge in [-0.1, -0.05) is 13.8 Å². The molecule has 0 spiro atoms. The Labute approximate surface area is 101 Å². The topological polar surface area (TPSA) is 50.1 Å². The van der Waals surface area contributed by atoms with E-state index >= 15 is 0 Å². The molecule has 0 saturated heterocycles. The lowest BCUT2D eigenvalue weighted by Crippen LogP contribution is -2.33. The van der Waals surface area contributed by atoms with Crippen LogP contribution in [0.25, 0.3) is 0 Å². The van der Waals surface area contributed by atoms with Crippen molar-refractivity contribution in [3.8, 4) is 0 Å². The molecule has 0 aromatic carbocycles. The maximum absolute atomic E-state index is 9.74. The van der Waals surface area contributed by atoms with Gasteiger partial charge in [-0.15, -0.1) is 11.8 Å². The van der Waals surface area contributed by atoms with Gasteiger partial charge in [0.05, 0.1) is 16.8 Å². The van der Waals surface area contributed by atoms with Crippen LogP contribution in [0, 0.1) is 6.92 Å². The number of aliphatic hydroxyl groups excluding tert-OH is 1. The van der Waals surface area contributed by atoms with Crippen LogP contribution in [0.3, 0.4) is 0 Å².